The van der Waals surface area contributed by atoms with Crippen LogP contribution >= 0.6 is 0 Å². The number of hydrogen-bond acceptors (Lipinski definition) is 2. The summed E-state index contributed by atoms with van der Waals surface area (Å²) in [5.74, 6) is 2.02. The number of amides is 1. The Morgan fingerprint density at radius 2 is 2.00 bits per heavy atom. The molecule has 0 radical (unpaired) electrons. The van der Waals surface area contributed by atoms with E-state index in [-0.39, 0.29) is 5.54 Å². The molecule has 1 saturated carbocycles. The molecule has 1 amide bonds. The van der Waals surface area contributed by atoms with Crippen LogP contribution in [-0.2, 0) is 4.79 Å². The molecule has 17 heavy (non-hydrogen) atoms. The molecule has 1 aliphatic carbocycles. The summed E-state index contributed by atoms with van der Waals surface area (Å²) < 4.78 is 0. The molecule has 3 atom stereocenters. The number of hydrogen-bond donors (Lipinski definition) is 1. The smallest absolute Gasteiger partial charge is 0.242 e. The summed E-state index contributed by atoms with van der Waals surface area (Å²) in [7, 11) is 0. The van der Waals surface area contributed by atoms with Crippen molar-refractivity contribution in [2.24, 2.45) is 11.8 Å². The van der Waals surface area contributed by atoms with E-state index >= 15 is 0 Å². The molecule has 2 saturated heterocycles. The van der Waals surface area contributed by atoms with Crippen molar-refractivity contribution in [1.82, 2.24) is 10.2 Å². The number of rotatable bonds is 2. The van der Waals surface area contributed by atoms with E-state index < -0.39 is 0 Å². The van der Waals surface area contributed by atoms with Gasteiger partial charge in [0.2, 0.25) is 5.91 Å². The summed E-state index contributed by atoms with van der Waals surface area (Å²) in [6, 6.07) is 0. The van der Waals surface area contributed by atoms with Crippen LogP contribution in [0.3, 0.4) is 0 Å². The van der Waals surface area contributed by atoms with E-state index in [2.05, 4.69) is 17.1 Å². The zero-order valence-corrected chi connectivity index (χ0v) is 10.9. The summed E-state index contributed by atoms with van der Waals surface area (Å²) in [4.78, 5) is 14.9. The fourth-order valence-corrected chi connectivity index (χ4v) is 4.15. The van der Waals surface area contributed by atoms with Crippen molar-refractivity contribution in [3.8, 4) is 0 Å². The normalized spacial score (nSPS) is 40.9. The van der Waals surface area contributed by atoms with Gasteiger partial charge >= 0.3 is 0 Å². The van der Waals surface area contributed by atoms with Crippen LogP contribution in [0.5, 0.6) is 0 Å². The molecule has 0 aromatic heterocycles. The molecular formula is C14H24N2O. The van der Waals surface area contributed by atoms with Crippen LogP contribution in [0.2, 0.25) is 0 Å². The first-order valence-corrected chi connectivity index (χ1v) is 7.29. The Morgan fingerprint density at radius 1 is 1.29 bits per heavy atom. The molecule has 3 nitrogen and oxygen atoms in total. The fraction of sp³-hybridized carbons (Fsp3) is 0.929. The lowest BCUT2D eigenvalue weighted by Gasteiger charge is -2.32. The third kappa shape index (κ3) is 1.79. The van der Waals surface area contributed by atoms with Gasteiger partial charge in [-0.25, -0.2) is 0 Å². The van der Waals surface area contributed by atoms with Crippen molar-refractivity contribution in [3.63, 3.8) is 0 Å². The van der Waals surface area contributed by atoms with Gasteiger partial charge in [0, 0.05) is 13.1 Å². The molecule has 96 valence electrons. The number of nitrogens with one attached hydrogen (secondary N) is 1. The van der Waals surface area contributed by atoms with Crippen molar-refractivity contribution < 1.29 is 4.79 Å². The summed E-state index contributed by atoms with van der Waals surface area (Å²) >= 11 is 0. The zero-order chi connectivity index (χ0) is 11.9. The average Bonchev–Trinajstić information content (AvgIpc) is 3.03. The molecule has 0 aromatic carbocycles. The van der Waals surface area contributed by atoms with Crippen LogP contribution in [0.25, 0.3) is 0 Å². The maximum atomic E-state index is 12.7. The van der Waals surface area contributed by atoms with Gasteiger partial charge in [0.05, 0.1) is 5.54 Å². The Labute approximate surface area is 104 Å². The van der Waals surface area contributed by atoms with E-state index in [1.54, 1.807) is 0 Å². The van der Waals surface area contributed by atoms with E-state index in [0.29, 0.717) is 5.91 Å². The largest absolute Gasteiger partial charge is 0.341 e. The zero-order valence-electron chi connectivity index (χ0n) is 10.9. The Morgan fingerprint density at radius 3 is 2.53 bits per heavy atom. The van der Waals surface area contributed by atoms with Crippen LogP contribution in [0.1, 0.15) is 45.4 Å². The van der Waals surface area contributed by atoms with Crippen LogP contribution in [0, 0.1) is 11.8 Å². The Kier molecular flexibility index (Phi) is 2.89. The Bertz CT molecular complexity index is 297. The topological polar surface area (TPSA) is 32.3 Å². The van der Waals surface area contributed by atoms with Crippen molar-refractivity contribution in [2.75, 3.05) is 19.6 Å². The van der Waals surface area contributed by atoms with E-state index in [0.717, 1.165) is 50.7 Å². The number of carbonyl (C=O) groups is 1. The van der Waals surface area contributed by atoms with Crippen LogP contribution in [0.4, 0.5) is 0 Å². The third-order valence-electron chi connectivity index (χ3n) is 5.27. The second-order valence-electron chi connectivity index (χ2n) is 6.13. The minimum absolute atomic E-state index is 0.210. The van der Waals surface area contributed by atoms with E-state index in [4.69, 9.17) is 0 Å². The second-order valence-corrected chi connectivity index (χ2v) is 6.13. The van der Waals surface area contributed by atoms with E-state index in [1.165, 1.54) is 19.3 Å². The first-order chi connectivity index (χ1) is 8.25. The van der Waals surface area contributed by atoms with Crippen molar-refractivity contribution >= 4 is 5.91 Å². The maximum absolute atomic E-state index is 12.7. The standard InChI is InChI=1S/C14H24N2O/c1-2-14(7-4-8-15-14)13(17)16-9-11-5-3-6-12(11)10-16/h11-12,15H,2-10H2,1H3. The number of nitrogens with zero attached hydrogens (tertiary/aromatic N) is 1. The molecule has 0 bridgehead atoms. The predicted molar refractivity (Wildman–Crippen MR) is 67.7 cm³/mol. The van der Waals surface area contributed by atoms with Gasteiger partial charge in [0.15, 0.2) is 0 Å². The highest BCUT2D eigenvalue weighted by molar-refractivity contribution is 5.87. The molecule has 2 heterocycles. The first-order valence-electron chi connectivity index (χ1n) is 7.29. The van der Waals surface area contributed by atoms with Gasteiger partial charge in [-0.1, -0.05) is 13.3 Å². The minimum atomic E-state index is -0.210. The minimum Gasteiger partial charge on any atom is -0.341 e. The molecule has 3 unspecified atom stereocenters. The number of fused-ring (bicyclic) bond motifs is 1. The Hall–Kier alpha value is -0.570. The highest BCUT2D eigenvalue weighted by atomic mass is 16.2. The fourth-order valence-electron chi connectivity index (χ4n) is 4.15. The lowest BCUT2D eigenvalue weighted by Crippen LogP contribution is -2.54. The second kappa shape index (κ2) is 4.27. The lowest BCUT2D eigenvalue weighted by molar-refractivity contribution is -0.137. The van der Waals surface area contributed by atoms with Gasteiger partial charge in [0.25, 0.3) is 0 Å². The van der Waals surface area contributed by atoms with Crippen molar-refractivity contribution in [2.45, 2.75) is 51.0 Å². The van der Waals surface area contributed by atoms with Gasteiger partial charge in [-0.15, -0.1) is 0 Å². The van der Waals surface area contributed by atoms with Gasteiger partial charge in [-0.05, 0) is 50.5 Å². The molecule has 3 heteroatoms. The highest BCUT2D eigenvalue weighted by Crippen LogP contribution is 2.39. The molecule has 0 spiro atoms. The van der Waals surface area contributed by atoms with Gasteiger partial charge in [0.1, 0.15) is 0 Å². The molecule has 1 N–H and O–H groups in total. The SMILES string of the molecule is CCC1(C(=O)N2CC3CCCC3C2)CCCN1. The molecule has 2 aliphatic heterocycles. The van der Waals surface area contributed by atoms with Crippen molar-refractivity contribution in [3.05, 3.63) is 0 Å². The molecule has 0 aromatic rings. The summed E-state index contributed by atoms with van der Waals surface area (Å²) in [6.07, 6.45) is 7.21. The third-order valence-corrected chi connectivity index (χ3v) is 5.27. The Balaban J connectivity index is 1.70. The van der Waals surface area contributed by atoms with Gasteiger partial charge in [-0.2, -0.15) is 0 Å². The molecule has 3 rings (SSSR count). The number of carbonyl (C=O) groups excluding carboxylic acids is 1. The monoisotopic (exact) mass is 236 g/mol. The van der Waals surface area contributed by atoms with E-state index in [9.17, 15) is 4.79 Å². The first kappa shape index (κ1) is 11.5. The van der Waals surface area contributed by atoms with Crippen LogP contribution < -0.4 is 5.32 Å². The van der Waals surface area contributed by atoms with Gasteiger partial charge < -0.3 is 10.2 Å². The lowest BCUT2D eigenvalue weighted by atomic mass is 9.92. The number of likely N-dealkylation sites (tertiary alicyclic amines) is 1. The highest BCUT2D eigenvalue weighted by Gasteiger charge is 2.46. The molecular weight excluding hydrogens is 212 g/mol. The summed E-state index contributed by atoms with van der Waals surface area (Å²) in [5.41, 5.74) is -0.210. The summed E-state index contributed by atoms with van der Waals surface area (Å²) in [5, 5.41) is 3.47. The molecule has 3 fully saturated rings. The van der Waals surface area contributed by atoms with Crippen LogP contribution in [-0.4, -0.2) is 36.0 Å². The maximum Gasteiger partial charge on any atom is 0.242 e. The molecule has 3 aliphatic rings. The average molecular weight is 236 g/mol. The summed E-state index contributed by atoms with van der Waals surface area (Å²) in [6.45, 7) is 5.23. The van der Waals surface area contributed by atoms with Crippen LogP contribution in [0.15, 0.2) is 0 Å². The quantitative estimate of drug-likeness (QED) is 0.792. The van der Waals surface area contributed by atoms with Crippen molar-refractivity contribution in [1.29, 1.82) is 0 Å². The van der Waals surface area contributed by atoms with E-state index in [1.807, 2.05) is 0 Å². The predicted octanol–water partition coefficient (Wildman–Crippen LogP) is 1.78. The van der Waals surface area contributed by atoms with Gasteiger partial charge in [-0.3, -0.25) is 4.79 Å².